The Labute approximate surface area is 186 Å². The standard InChI is InChI=1S/C25H27F2N3O2/c1-3-5-11-22-28-24(25(26,27)16-6-4-2)29-30(22)17-18-12-14-19(15-13-18)20-9-7-8-10-21(20)23(31)32/h5,7-15H,3-4,6,16-17H2,1-2H3,(H,31,32)/b11-5+. The zero-order valence-electron chi connectivity index (χ0n) is 18.3. The first-order valence-electron chi connectivity index (χ1n) is 10.8. The minimum Gasteiger partial charge on any atom is -0.478 e. The van der Waals surface area contributed by atoms with Gasteiger partial charge in [0.15, 0.2) is 5.82 Å². The number of unbranched alkanes of at least 4 members (excludes halogenated alkanes) is 1. The fourth-order valence-corrected chi connectivity index (χ4v) is 3.37. The van der Waals surface area contributed by atoms with Crippen LogP contribution in [0.4, 0.5) is 8.78 Å². The van der Waals surface area contributed by atoms with Crippen LogP contribution >= 0.6 is 0 Å². The summed E-state index contributed by atoms with van der Waals surface area (Å²) in [5.74, 6) is -4.12. The van der Waals surface area contributed by atoms with Gasteiger partial charge >= 0.3 is 11.9 Å². The Morgan fingerprint density at radius 2 is 1.84 bits per heavy atom. The van der Waals surface area contributed by atoms with Crippen molar-refractivity contribution in [1.29, 1.82) is 0 Å². The van der Waals surface area contributed by atoms with E-state index in [1.165, 1.54) is 4.68 Å². The zero-order chi connectivity index (χ0) is 23.1. The number of aromatic carboxylic acids is 1. The number of allylic oxidation sites excluding steroid dienone is 1. The number of carboxylic acids is 1. The molecule has 3 rings (SSSR count). The molecule has 1 aromatic heterocycles. The molecule has 32 heavy (non-hydrogen) atoms. The highest BCUT2D eigenvalue weighted by Crippen LogP contribution is 2.31. The third kappa shape index (κ3) is 5.46. The summed E-state index contributed by atoms with van der Waals surface area (Å²) in [6.07, 6.45) is 5.13. The van der Waals surface area contributed by atoms with Crippen LogP contribution < -0.4 is 0 Å². The predicted octanol–water partition coefficient (Wildman–Crippen LogP) is 6.40. The van der Waals surface area contributed by atoms with E-state index < -0.39 is 17.7 Å². The molecule has 168 valence electrons. The van der Waals surface area contributed by atoms with Crippen LogP contribution in [0, 0.1) is 0 Å². The summed E-state index contributed by atoms with van der Waals surface area (Å²) in [5, 5.41) is 13.5. The van der Waals surface area contributed by atoms with Gasteiger partial charge in [0.2, 0.25) is 5.82 Å². The lowest BCUT2D eigenvalue weighted by molar-refractivity contribution is -0.0245. The van der Waals surface area contributed by atoms with Gasteiger partial charge in [0.25, 0.3) is 0 Å². The van der Waals surface area contributed by atoms with E-state index in [1.807, 2.05) is 44.2 Å². The van der Waals surface area contributed by atoms with Crippen molar-refractivity contribution in [2.45, 2.75) is 52.0 Å². The van der Waals surface area contributed by atoms with Crippen LogP contribution in [0.5, 0.6) is 0 Å². The van der Waals surface area contributed by atoms with E-state index in [0.717, 1.165) is 17.5 Å². The summed E-state index contributed by atoms with van der Waals surface area (Å²) in [4.78, 5) is 15.6. The minimum atomic E-state index is -3.07. The first-order valence-corrected chi connectivity index (χ1v) is 10.8. The van der Waals surface area contributed by atoms with Crippen LogP contribution in [0.15, 0.2) is 54.6 Å². The second-order valence-electron chi connectivity index (χ2n) is 7.62. The molecule has 5 nitrogen and oxygen atoms in total. The van der Waals surface area contributed by atoms with Gasteiger partial charge in [-0.3, -0.25) is 0 Å². The smallest absolute Gasteiger partial charge is 0.336 e. The summed E-state index contributed by atoms with van der Waals surface area (Å²) in [6.45, 7) is 4.11. The van der Waals surface area contributed by atoms with Crippen molar-refractivity contribution in [2.24, 2.45) is 0 Å². The lowest BCUT2D eigenvalue weighted by atomic mass is 9.99. The van der Waals surface area contributed by atoms with Crippen LogP contribution in [-0.2, 0) is 12.5 Å². The van der Waals surface area contributed by atoms with Crippen molar-refractivity contribution in [3.8, 4) is 11.1 Å². The molecule has 0 saturated heterocycles. The first kappa shape index (κ1) is 23.3. The lowest BCUT2D eigenvalue weighted by Gasteiger charge is -2.11. The van der Waals surface area contributed by atoms with Crippen molar-refractivity contribution >= 4 is 12.0 Å². The summed E-state index contributed by atoms with van der Waals surface area (Å²) in [5.41, 5.74) is 2.46. The number of rotatable bonds is 10. The first-order chi connectivity index (χ1) is 15.4. The maximum absolute atomic E-state index is 14.5. The summed E-state index contributed by atoms with van der Waals surface area (Å²) in [6, 6.07) is 14.1. The lowest BCUT2D eigenvalue weighted by Crippen LogP contribution is -2.16. The molecule has 7 heteroatoms. The second kappa shape index (κ2) is 10.3. The Kier molecular flexibility index (Phi) is 7.51. The van der Waals surface area contributed by atoms with E-state index in [-0.39, 0.29) is 18.5 Å². The quantitative estimate of drug-likeness (QED) is 0.397. The molecule has 0 radical (unpaired) electrons. The van der Waals surface area contributed by atoms with Crippen LogP contribution in [0.25, 0.3) is 17.2 Å². The molecule has 1 heterocycles. The number of nitrogens with zero attached hydrogens (tertiary/aromatic N) is 3. The van der Waals surface area contributed by atoms with Crippen molar-refractivity contribution in [3.05, 3.63) is 77.4 Å². The highest BCUT2D eigenvalue weighted by Gasteiger charge is 2.36. The highest BCUT2D eigenvalue weighted by atomic mass is 19.3. The molecule has 0 atom stereocenters. The SMILES string of the molecule is CC/C=C/c1nc(C(F)(F)CCCC)nn1Cc1ccc(-c2ccccc2C(=O)O)cc1. The van der Waals surface area contributed by atoms with Crippen molar-refractivity contribution in [1.82, 2.24) is 14.8 Å². The Balaban J connectivity index is 1.88. The number of hydrogen-bond donors (Lipinski definition) is 1. The molecule has 0 aliphatic heterocycles. The third-order valence-corrected chi connectivity index (χ3v) is 5.13. The van der Waals surface area contributed by atoms with Gasteiger partial charge in [0, 0.05) is 6.42 Å². The molecule has 0 amide bonds. The number of hydrogen-bond acceptors (Lipinski definition) is 3. The fourth-order valence-electron chi connectivity index (χ4n) is 3.37. The minimum absolute atomic E-state index is 0.225. The van der Waals surface area contributed by atoms with Gasteiger partial charge in [-0.15, -0.1) is 5.10 Å². The molecule has 0 aliphatic carbocycles. The topological polar surface area (TPSA) is 68.0 Å². The third-order valence-electron chi connectivity index (χ3n) is 5.13. The maximum Gasteiger partial charge on any atom is 0.336 e. The number of benzene rings is 2. The molecule has 2 aromatic carbocycles. The largest absolute Gasteiger partial charge is 0.478 e. The Morgan fingerprint density at radius 3 is 2.50 bits per heavy atom. The van der Waals surface area contributed by atoms with E-state index in [1.54, 1.807) is 30.3 Å². The molecule has 0 saturated carbocycles. The molecular weight excluding hydrogens is 412 g/mol. The van der Waals surface area contributed by atoms with Gasteiger partial charge in [0.1, 0.15) is 0 Å². The predicted molar refractivity (Wildman–Crippen MR) is 121 cm³/mol. The molecule has 0 unspecified atom stereocenters. The molecule has 3 aromatic rings. The van der Waals surface area contributed by atoms with Crippen LogP contribution in [-0.4, -0.2) is 25.8 Å². The summed E-state index contributed by atoms with van der Waals surface area (Å²) < 4.78 is 30.5. The van der Waals surface area contributed by atoms with Gasteiger partial charge in [-0.25, -0.2) is 14.5 Å². The summed E-state index contributed by atoms with van der Waals surface area (Å²) >= 11 is 0. The van der Waals surface area contributed by atoms with Crippen molar-refractivity contribution in [2.75, 3.05) is 0 Å². The molecule has 1 N–H and O–H groups in total. The van der Waals surface area contributed by atoms with E-state index in [4.69, 9.17) is 0 Å². The molecule has 0 fully saturated rings. The molecule has 0 bridgehead atoms. The van der Waals surface area contributed by atoms with Gasteiger partial charge < -0.3 is 5.11 Å². The Morgan fingerprint density at radius 1 is 1.12 bits per heavy atom. The average Bonchev–Trinajstić information content (AvgIpc) is 3.20. The molecule has 0 spiro atoms. The van der Waals surface area contributed by atoms with E-state index >= 15 is 0 Å². The van der Waals surface area contributed by atoms with Gasteiger partial charge in [0.05, 0.1) is 12.1 Å². The number of aromatic nitrogens is 3. The Hall–Kier alpha value is -3.35. The van der Waals surface area contributed by atoms with E-state index in [9.17, 15) is 18.7 Å². The van der Waals surface area contributed by atoms with Gasteiger partial charge in [-0.05, 0) is 41.7 Å². The van der Waals surface area contributed by atoms with E-state index in [2.05, 4.69) is 10.1 Å². The summed E-state index contributed by atoms with van der Waals surface area (Å²) in [7, 11) is 0. The molecular formula is C25H27F2N3O2. The molecule has 0 aliphatic rings. The van der Waals surface area contributed by atoms with Crippen LogP contribution in [0.1, 0.15) is 67.1 Å². The van der Waals surface area contributed by atoms with Crippen molar-refractivity contribution in [3.63, 3.8) is 0 Å². The normalized spacial score (nSPS) is 11.9. The number of carboxylic acid groups (broad SMARTS) is 1. The van der Waals surface area contributed by atoms with Crippen molar-refractivity contribution < 1.29 is 18.7 Å². The highest BCUT2D eigenvalue weighted by molar-refractivity contribution is 5.95. The van der Waals surface area contributed by atoms with Gasteiger partial charge in [-0.1, -0.05) is 68.8 Å². The monoisotopic (exact) mass is 439 g/mol. The van der Waals surface area contributed by atoms with Crippen LogP contribution in [0.3, 0.4) is 0 Å². The average molecular weight is 440 g/mol. The second-order valence-corrected chi connectivity index (χ2v) is 7.62. The Bertz CT molecular complexity index is 1090. The fraction of sp³-hybridized carbons (Fsp3) is 0.320. The van der Waals surface area contributed by atoms with E-state index in [0.29, 0.717) is 24.2 Å². The number of alkyl halides is 2. The number of carbonyl (C=O) groups is 1. The maximum atomic E-state index is 14.5. The number of halogens is 2. The van der Waals surface area contributed by atoms with Crippen LogP contribution in [0.2, 0.25) is 0 Å². The van der Waals surface area contributed by atoms with Gasteiger partial charge in [-0.2, -0.15) is 8.78 Å². The zero-order valence-corrected chi connectivity index (χ0v) is 18.3.